The van der Waals surface area contributed by atoms with Crippen LogP contribution in [0.2, 0.25) is 0 Å². The zero-order chi connectivity index (χ0) is 13.8. The average molecular weight is 265 g/mol. The summed E-state index contributed by atoms with van der Waals surface area (Å²) < 4.78 is 2.02. The monoisotopic (exact) mass is 265 g/mol. The Morgan fingerprint density at radius 2 is 2.32 bits per heavy atom. The van der Waals surface area contributed by atoms with Gasteiger partial charge in [0.25, 0.3) is 0 Å². The predicted octanol–water partition coefficient (Wildman–Crippen LogP) is 2.04. The minimum Gasteiger partial charge on any atom is -0.481 e. The Bertz CT molecular complexity index is 442. The lowest BCUT2D eigenvalue weighted by molar-refractivity contribution is -0.138. The van der Waals surface area contributed by atoms with E-state index in [1.165, 1.54) is 5.69 Å². The molecule has 1 aromatic heterocycles. The molecule has 0 aliphatic carbocycles. The van der Waals surface area contributed by atoms with Gasteiger partial charge in [0.15, 0.2) is 0 Å². The van der Waals surface area contributed by atoms with Gasteiger partial charge in [-0.3, -0.25) is 14.4 Å². The second-order valence-electron chi connectivity index (χ2n) is 5.31. The van der Waals surface area contributed by atoms with Crippen LogP contribution in [0, 0.1) is 6.92 Å². The molecule has 19 heavy (non-hydrogen) atoms. The molecular formula is C14H23N3O2. The highest BCUT2D eigenvalue weighted by atomic mass is 16.4. The van der Waals surface area contributed by atoms with Gasteiger partial charge in [-0.2, -0.15) is 5.10 Å². The van der Waals surface area contributed by atoms with Crippen LogP contribution in [0.3, 0.4) is 0 Å². The van der Waals surface area contributed by atoms with Crippen molar-refractivity contribution in [3.05, 3.63) is 17.5 Å². The predicted molar refractivity (Wildman–Crippen MR) is 72.9 cm³/mol. The number of rotatable bonds is 5. The fourth-order valence-corrected chi connectivity index (χ4v) is 2.91. The number of piperidine rings is 1. The van der Waals surface area contributed by atoms with Gasteiger partial charge in [-0.05, 0) is 39.3 Å². The van der Waals surface area contributed by atoms with Crippen LogP contribution in [-0.4, -0.2) is 38.3 Å². The van der Waals surface area contributed by atoms with Gasteiger partial charge in [0.2, 0.25) is 0 Å². The topological polar surface area (TPSA) is 58.4 Å². The molecule has 2 heterocycles. The third-order valence-electron chi connectivity index (χ3n) is 3.81. The van der Waals surface area contributed by atoms with Gasteiger partial charge in [0.05, 0.1) is 17.8 Å². The molecule has 106 valence electrons. The van der Waals surface area contributed by atoms with Crippen molar-refractivity contribution in [2.45, 2.75) is 58.7 Å². The Balaban J connectivity index is 2.08. The lowest BCUT2D eigenvalue weighted by Crippen LogP contribution is -2.40. The van der Waals surface area contributed by atoms with E-state index < -0.39 is 5.97 Å². The molecule has 1 aromatic rings. The minimum atomic E-state index is -0.697. The van der Waals surface area contributed by atoms with Crippen molar-refractivity contribution >= 4 is 5.97 Å². The van der Waals surface area contributed by atoms with E-state index in [-0.39, 0.29) is 12.5 Å². The molecule has 1 N–H and O–H groups in total. The number of likely N-dealkylation sites (tertiary alicyclic amines) is 1. The Labute approximate surface area is 114 Å². The normalized spacial score (nSPS) is 20.6. The number of carboxylic acid groups (broad SMARTS) is 1. The van der Waals surface area contributed by atoms with Gasteiger partial charge < -0.3 is 5.11 Å². The van der Waals surface area contributed by atoms with E-state index in [4.69, 9.17) is 5.11 Å². The second kappa shape index (κ2) is 6.19. The van der Waals surface area contributed by atoms with E-state index >= 15 is 0 Å². The molecule has 1 fully saturated rings. The van der Waals surface area contributed by atoms with Gasteiger partial charge >= 0.3 is 5.97 Å². The van der Waals surface area contributed by atoms with Crippen molar-refractivity contribution in [3.8, 4) is 0 Å². The molecule has 0 saturated carbocycles. The minimum absolute atomic E-state index is 0.173. The summed E-state index contributed by atoms with van der Waals surface area (Å²) in [7, 11) is 0. The highest BCUT2D eigenvalue weighted by Gasteiger charge is 2.25. The maximum absolute atomic E-state index is 10.9. The molecule has 1 aliphatic rings. The zero-order valence-corrected chi connectivity index (χ0v) is 11.8. The molecule has 1 aliphatic heterocycles. The van der Waals surface area contributed by atoms with Crippen LogP contribution in [0.4, 0.5) is 0 Å². The molecule has 5 nitrogen and oxygen atoms in total. The fourth-order valence-electron chi connectivity index (χ4n) is 2.91. The molecule has 5 heteroatoms. The Morgan fingerprint density at radius 3 is 3.00 bits per heavy atom. The molecule has 0 bridgehead atoms. The van der Waals surface area contributed by atoms with Gasteiger partial charge in [-0.25, -0.2) is 0 Å². The number of hydrogen-bond donors (Lipinski definition) is 1. The molecular weight excluding hydrogens is 242 g/mol. The SMILES string of the molecule is CCn1nc(C)cc1CN1CCCCC1CC(=O)O. The molecule has 1 saturated heterocycles. The molecule has 0 radical (unpaired) electrons. The van der Waals surface area contributed by atoms with Gasteiger partial charge in [-0.15, -0.1) is 0 Å². The van der Waals surface area contributed by atoms with Crippen LogP contribution >= 0.6 is 0 Å². The van der Waals surface area contributed by atoms with Gasteiger partial charge in [0.1, 0.15) is 0 Å². The summed E-state index contributed by atoms with van der Waals surface area (Å²) in [6.45, 7) is 6.75. The standard InChI is InChI=1S/C14H23N3O2/c1-3-17-13(8-11(2)15-17)10-16-7-5-4-6-12(16)9-14(18)19/h8,12H,3-7,9-10H2,1-2H3,(H,18,19). The second-order valence-corrected chi connectivity index (χ2v) is 5.31. The van der Waals surface area contributed by atoms with Crippen LogP contribution in [0.1, 0.15) is 44.0 Å². The Hall–Kier alpha value is -1.36. The summed E-state index contributed by atoms with van der Waals surface area (Å²) in [6, 6.07) is 2.28. The van der Waals surface area contributed by atoms with Crippen molar-refractivity contribution in [1.82, 2.24) is 14.7 Å². The summed E-state index contributed by atoms with van der Waals surface area (Å²) in [4.78, 5) is 13.3. The van der Waals surface area contributed by atoms with E-state index in [1.807, 2.05) is 11.6 Å². The molecule has 1 unspecified atom stereocenters. The smallest absolute Gasteiger partial charge is 0.304 e. The van der Waals surface area contributed by atoms with Crippen LogP contribution in [0.15, 0.2) is 6.07 Å². The van der Waals surface area contributed by atoms with Crippen molar-refractivity contribution in [2.75, 3.05) is 6.54 Å². The third-order valence-corrected chi connectivity index (χ3v) is 3.81. The molecule has 2 rings (SSSR count). The van der Waals surface area contributed by atoms with E-state index in [0.29, 0.717) is 0 Å². The van der Waals surface area contributed by atoms with Crippen LogP contribution in [-0.2, 0) is 17.9 Å². The first-order valence-electron chi connectivity index (χ1n) is 7.09. The summed E-state index contributed by atoms with van der Waals surface area (Å²) in [5.74, 6) is -0.697. The summed E-state index contributed by atoms with van der Waals surface area (Å²) >= 11 is 0. The maximum atomic E-state index is 10.9. The van der Waals surface area contributed by atoms with E-state index in [0.717, 1.165) is 44.6 Å². The van der Waals surface area contributed by atoms with Crippen molar-refractivity contribution < 1.29 is 9.90 Å². The quantitative estimate of drug-likeness (QED) is 0.885. The van der Waals surface area contributed by atoms with Crippen molar-refractivity contribution in [3.63, 3.8) is 0 Å². The lowest BCUT2D eigenvalue weighted by atomic mass is 9.99. The maximum Gasteiger partial charge on any atom is 0.304 e. The number of carbonyl (C=O) groups is 1. The van der Waals surface area contributed by atoms with Gasteiger partial charge in [-0.1, -0.05) is 6.42 Å². The van der Waals surface area contributed by atoms with Crippen molar-refractivity contribution in [1.29, 1.82) is 0 Å². The molecule has 0 aromatic carbocycles. The van der Waals surface area contributed by atoms with Crippen LogP contribution in [0.5, 0.6) is 0 Å². The first-order valence-corrected chi connectivity index (χ1v) is 7.09. The molecule has 0 amide bonds. The number of aliphatic carboxylic acids is 1. The number of carboxylic acids is 1. The highest BCUT2D eigenvalue weighted by molar-refractivity contribution is 5.67. The number of nitrogens with zero attached hydrogens (tertiary/aromatic N) is 3. The Kier molecular flexibility index (Phi) is 4.58. The zero-order valence-electron chi connectivity index (χ0n) is 11.8. The highest BCUT2D eigenvalue weighted by Crippen LogP contribution is 2.22. The summed E-state index contributed by atoms with van der Waals surface area (Å²) in [5, 5.41) is 13.5. The number of aryl methyl sites for hydroxylation is 2. The largest absolute Gasteiger partial charge is 0.481 e. The van der Waals surface area contributed by atoms with Crippen LogP contribution < -0.4 is 0 Å². The molecule has 1 atom stereocenters. The number of hydrogen-bond acceptors (Lipinski definition) is 3. The summed E-state index contributed by atoms with van der Waals surface area (Å²) in [6.07, 6.45) is 3.54. The first kappa shape index (κ1) is 14.1. The summed E-state index contributed by atoms with van der Waals surface area (Å²) in [5.41, 5.74) is 2.22. The Morgan fingerprint density at radius 1 is 1.53 bits per heavy atom. The number of aromatic nitrogens is 2. The van der Waals surface area contributed by atoms with Gasteiger partial charge in [0, 0.05) is 19.1 Å². The first-order chi connectivity index (χ1) is 9.10. The molecule has 0 spiro atoms. The third kappa shape index (κ3) is 3.56. The van der Waals surface area contributed by atoms with Crippen molar-refractivity contribution in [2.24, 2.45) is 0 Å². The van der Waals surface area contributed by atoms with E-state index in [2.05, 4.69) is 23.0 Å². The average Bonchev–Trinajstić information content (AvgIpc) is 2.71. The van der Waals surface area contributed by atoms with E-state index in [1.54, 1.807) is 0 Å². The van der Waals surface area contributed by atoms with Crippen LogP contribution in [0.25, 0.3) is 0 Å². The van der Waals surface area contributed by atoms with E-state index in [9.17, 15) is 4.79 Å². The fraction of sp³-hybridized carbons (Fsp3) is 0.714. The lowest BCUT2D eigenvalue weighted by Gasteiger charge is -2.34.